The number of amides is 1. The Bertz CT molecular complexity index is 976. The summed E-state index contributed by atoms with van der Waals surface area (Å²) in [5.41, 5.74) is 1.26. The third-order valence-corrected chi connectivity index (χ3v) is 6.03. The normalized spacial score (nSPS) is 16.6. The summed E-state index contributed by atoms with van der Waals surface area (Å²) in [5, 5.41) is 4.10. The smallest absolute Gasteiger partial charge is 0.274 e. The van der Waals surface area contributed by atoms with Gasteiger partial charge in [-0.2, -0.15) is 0 Å². The fourth-order valence-corrected chi connectivity index (χ4v) is 4.51. The van der Waals surface area contributed by atoms with Gasteiger partial charge in [0.05, 0.1) is 16.1 Å². The van der Waals surface area contributed by atoms with Gasteiger partial charge in [-0.05, 0) is 43.9 Å². The molecule has 1 atom stereocenters. The number of thiazole rings is 1. The molecular formula is C21H22FN5OS. The van der Waals surface area contributed by atoms with Gasteiger partial charge in [-0.15, -0.1) is 11.3 Å². The molecule has 1 aliphatic heterocycles. The van der Waals surface area contributed by atoms with Crippen molar-refractivity contribution in [1.82, 2.24) is 19.9 Å². The highest BCUT2D eigenvalue weighted by atomic mass is 32.1. The molecule has 1 amide bonds. The van der Waals surface area contributed by atoms with Crippen molar-refractivity contribution in [3.05, 3.63) is 59.4 Å². The van der Waals surface area contributed by atoms with Gasteiger partial charge in [0, 0.05) is 31.5 Å². The number of nitrogens with zero attached hydrogens (tertiary/aromatic N) is 4. The minimum Gasteiger partial charge on any atom is -0.367 e. The summed E-state index contributed by atoms with van der Waals surface area (Å²) >= 11 is 1.46. The van der Waals surface area contributed by atoms with Crippen molar-refractivity contribution in [2.45, 2.75) is 32.2 Å². The number of halogens is 1. The van der Waals surface area contributed by atoms with Crippen LogP contribution in [0.1, 0.15) is 34.8 Å². The van der Waals surface area contributed by atoms with Gasteiger partial charge in [-0.1, -0.05) is 12.1 Å². The number of aromatic nitrogens is 3. The average molecular weight is 412 g/mol. The van der Waals surface area contributed by atoms with E-state index in [1.165, 1.54) is 23.5 Å². The van der Waals surface area contributed by atoms with Crippen molar-refractivity contribution >= 4 is 23.1 Å². The first kappa shape index (κ1) is 19.4. The van der Waals surface area contributed by atoms with E-state index >= 15 is 0 Å². The van der Waals surface area contributed by atoms with Crippen molar-refractivity contribution in [2.75, 3.05) is 18.4 Å². The third-order valence-electron chi connectivity index (χ3n) is 5.01. The molecule has 29 heavy (non-hydrogen) atoms. The van der Waals surface area contributed by atoms with Crippen LogP contribution in [0.5, 0.6) is 0 Å². The molecule has 4 rings (SSSR count). The standard InChI is InChI=1S/C21H22FN5OS/c1-14-26-19(20(29-14)15-5-7-16(22)8-6-15)21(28)27-11-3-2-4-17(27)12-25-18-13-23-9-10-24-18/h5-10,13,17H,2-4,11-12H2,1H3,(H,24,25). The predicted octanol–water partition coefficient (Wildman–Crippen LogP) is 4.15. The van der Waals surface area contributed by atoms with Crippen molar-refractivity contribution in [1.29, 1.82) is 0 Å². The third kappa shape index (κ3) is 4.42. The number of aryl methyl sites for hydroxylation is 1. The molecule has 0 saturated carbocycles. The highest BCUT2D eigenvalue weighted by molar-refractivity contribution is 7.15. The number of hydrogen-bond acceptors (Lipinski definition) is 6. The molecule has 3 heterocycles. The number of piperidine rings is 1. The van der Waals surface area contributed by atoms with Crippen molar-refractivity contribution < 1.29 is 9.18 Å². The van der Waals surface area contributed by atoms with Gasteiger partial charge in [0.1, 0.15) is 17.3 Å². The lowest BCUT2D eigenvalue weighted by Crippen LogP contribution is -2.47. The summed E-state index contributed by atoms with van der Waals surface area (Å²) in [6.45, 7) is 3.20. The van der Waals surface area contributed by atoms with E-state index in [4.69, 9.17) is 0 Å². The number of nitrogens with one attached hydrogen (secondary N) is 1. The summed E-state index contributed by atoms with van der Waals surface area (Å²) in [7, 11) is 0. The van der Waals surface area contributed by atoms with Crippen LogP contribution < -0.4 is 5.32 Å². The number of hydrogen-bond donors (Lipinski definition) is 1. The Morgan fingerprint density at radius 2 is 2.10 bits per heavy atom. The Morgan fingerprint density at radius 3 is 2.86 bits per heavy atom. The molecule has 1 unspecified atom stereocenters. The molecule has 6 nitrogen and oxygen atoms in total. The minimum absolute atomic E-state index is 0.0568. The highest BCUT2D eigenvalue weighted by Gasteiger charge is 2.31. The van der Waals surface area contributed by atoms with E-state index in [1.54, 1.807) is 30.7 Å². The lowest BCUT2D eigenvalue weighted by atomic mass is 10.0. The molecule has 150 valence electrons. The number of likely N-dealkylation sites (tertiary alicyclic amines) is 1. The molecule has 0 aliphatic carbocycles. The molecule has 1 saturated heterocycles. The van der Waals surface area contributed by atoms with Gasteiger partial charge in [-0.25, -0.2) is 14.4 Å². The number of anilines is 1. The Hall–Kier alpha value is -2.87. The molecule has 0 spiro atoms. The Balaban J connectivity index is 1.56. The Kier molecular flexibility index (Phi) is 5.80. The predicted molar refractivity (Wildman–Crippen MR) is 111 cm³/mol. The second-order valence-corrected chi connectivity index (χ2v) is 8.24. The highest BCUT2D eigenvalue weighted by Crippen LogP contribution is 2.32. The van der Waals surface area contributed by atoms with Gasteiger partial charge in [0.15, 0.2) is 0 Å². The van der Waals surface area contributed by atoms with Crippen LogP contribution in [0.25, 0.3) is 10.4 Å². The number of benzene rings is 1. The maximum atomic E-state index is 13.4. The van der Waals surface area contributed by atoms with Crippen LogP contribution in [-0.2, 0) is 0 Å². The van der Waals surface area contributed by atoms with E-state index in [0.717, 1.165) is 34.7 Å². The maximum Gasteiger partial charge on any atom is 0.274 e. The zero-order chi connectivity index (χ0) is 20.2. The van der Waals surface area contributed by atoms with Crippen LogP contribution in [0.15, 0.2) is 42.9 Å². The molecule has 0 bridgehead atoms. The second kappa shape index (κ2) is 8.65. The maximum absolute atomic E-state index is 13.4. The van der Waals surface area contributed by atoms with Crippen LogP contribution in [-0.4, -0.2) is 44.9 Å². The van der Waals surface area contributed by atoms with Crippen molar-refractivity contribution in [3.8, 4) is 10.4 Å². The van der Waals surface area contributed by atoms with E-state index in [0.29, 0.717) is 24.6 Å². The second-order valence-electron chi connectivity index (χ2n) is 7.04. The monoisotopic (exact) mass is 411 g/mol. The van der Waals surface area contributed by atoms with Gasteiger partial charge >= 0.3 is 0 Å². The van der Waals surface area contributed by atoms with Crippen molar-refractivity contribution in [3.63, 3.8) is 0 Å². The molecule has 3 aromatic rings. The Morgan fingerprint density at radius 1 is 1.28 bits per heavy atom. The van der Waals surface area contributed by atoms with Crippen LogP contribution in [0.4, 0.5) is 10.2 Å². The molecule has 8 heteroatoms. The SMILES string of the molecule is Cc1nc(C(=O)N2CCCCC2CNc2cnccn2)c(-c2ccc(F)cc2)s1. The summed E-state index contributed by atoms with van der Waals surface area (Å²) < 4.78 is 13.3. The van der Waals surface area contributed by atoms with E-state index in [9.17, 15) is 9.18 Å². The fourth-order valence-electron chi connectivity index (χ4n) is 3.60. The summed E-state index contributed by atoms with van der Waals surface area (Å²) in [6.07, 6.45) is 7.92. The van der Waals surface area contributed by atoms with Crippen LogP contribution in [0.2, 0.25) is 0 Å². The minimum atomic E-state index is -0.297. The van der Waals surface area contributed by atoms with E-state index in [2.05, 4.69) is 20.3 Å². The van der Waals surface area contributed by atoms with Crippen LogP contribution in [0.3, 0.4) is 0 Å². The number of carbonyl (C=O) groups excluding carboxylic acids is 1. The first-order valence-electron chi connectivity index (χ1n) is 9.66. The first-order valence-corrected chi connectivity index (χ1v) is 10.5. The van der Waals surface area contributed by atoms with Crippen molar-refractivity contribution in [2.24, 2.45) is 0 Å². The topological polar surface area (TPSA) is 71.0 Å². The van der Waals surface area contributed by atoms with E-state index in [1.807, 2.05) is 11.8 Å². The van der Waals surface area contributed by atoms with Gasteiger partial charge < -0.3 is 10.2 Å². The summed E-state index contributed by atoms with van der Waals surface area (Å²) in [4.78, 5) is 29.0. The molecular weight excluding hydrogens is 389 g/mol. The molecule has 0 radical (unpaired) electrons. The average Bonchev–Trinajstić information content (AvgIpc) is 3.15. The summed E-state index contributed by atoms with van der Waals surface area (Å²) in [5.74, 6) is 0.329. The molecule has 1 N–H and O–H groups in total. The zero-order valence-electron chi connectivity index (χ0n) is 16.1. The van der Waals surface area contributed by atoms with Crippen LogP contribution in [0, 0.1) is 12.7 Å². The Labute approximate surface area is 172 Å². The number of rotatable bonds is 5. The molecule has 1 fully saturated rings. The van der Waals surface area contributed by atoms with Gasteiger partial charge in [-0.3, -0.25) is 9.78 Å². The molecule has 2 aromatic heterocycles. The van der Waals surface area contributed by atoms with E-state index < -0.39 is 0 Å². The summed E-state index contributed by atoms with van der Waals surface area (Å²) in [6, 6.07) is 6.27. The largest absolute Gasteiger partial charge is 0.367 e. The van der Waals surface area contributed by atoms with E-state index in [-0.39, 0.29) is 17.8 Å². The molecule has 1 aromatic carbocycles. The zero-order valence-corrected chi connectivity index (χ0v) is 17.0. The lowest BCUT2D eigenvalue weighted by molar-refractivity contribution is 0.0623. The number of carbonyl (C=O) groups is 1. The quantitative estimate of drug-likeness (QED) is 0.683. The fraction of sp³-hybridized carbons (Fsp3) is 0.333. The van der Waals surface area contributed by atoms with Gasteiger partial charge in [0.2, 0.25) is 0 Å². The molecule has 1 aliphatic rings. The van der Waals surface area contributed by atoms with Gasteiger partial charge in [0.25, 0.3) is 5.91 Å². The first-order chi connectivity index (χ1) is 14.1. The van der Waals surface area contributed by atoms with Crippen LogP contribution >= 0.6 is 11.3 Å². The lowest BCUT2D eigenvalue weighted by Gasteiger charge is -2.35.